The van der Waals surface area contributed by atoms with Crippen molar-refractivity contribution in [3.63, 3.8) is 0 Å². The number of nitrogens with one attached hydrogen (secondary N) is 2. The molecule has 0 spiro atoms. The largest absolute Gasteiger partial charge is 0.356 e. The quantitative estimate of drug-likeness (QED) is 0.452. The molecule has 3 atom stereocenters. The molecule has 0 bridgehead atoms. The first-order valence-corrected chi connectivity index (χ1v) is 7.88. The van der Waals surface area contributed by atoms with Crippen molar-refractivity contribution in [3.8, 4) is 0 Å². The maximum Gasteiger partial charge on any atom is 0.191 e. The molecule has 0 aromatic heterocycles. The van der Waals surface area contributed by atoms with Crippen LogP contribution in [0.5, 0.6) is 0 Å². The monoisotopic (exact) mass is 266 g/mol. The second-order valence-corrected chi connectivity index (χ2v) is 6.36. The van der Waals surface area contributed by atoms with E-state index in [9.17, 15) is 0 Å². The van der Waals surface area contributed by atoms with Crippen molar-refractivity contribution >= 4 is 5.96 Å². The second-order valence-electron chi connectivity index (χ2n) is 6.36. The van der Waals surface area contributed by atoms with Crippen LogP contribution in [0.25, 0.3) is 0 Å². The number of aliphatic imine (C=N–C) groups is 1. The Kier molecular flexibility index (Phi) is 5.49. The molecule has 0 amide bonds. The van der Waals surface area contributed by atoms with E-state index in [-0.39, 0.29) is 0 Å². The van der Waals surface area contributed by atoms with Gasteiger partial charge in [0.25, 0.3) is 0 Å². The Hall–Kier alpha value is -0.770. The van der Waals surface area contributed by atoms with Crippen LogP contribution in [-0.2, 0) is 0 Å². The minimum absolute atomic E-state index is 0.647. The van der Waals surface area contributed by atoms with Gasteiger partial charge in [-0.15, -0.1) is 0 Å². The van der Waals surface area contributed by atoms with Crippen LogP contribution in [-0.4, -0.2) is 50.1 Å². The van der Waals surface area contributed by atoms with Crippen LogP contribution in [0.4, 0.5) is 0 Å². The topological polar surface area (TPSA) is 39.7 Å². The molecule has 2 rings (SSSR count). The fourth-order valence-electron chi connectivity index (χ4n) is 2.89. The fraction of sp³-hybridized carbons (Fsp3) is 0.933. The summed E-state index contributed by atoms with van der Waals surface area (Å²) in [6.45, 7) is 9.46. The van der Waals surface area contributed by atoms with Crippen molar-refractivity contribution in [1.29, 1.82) is 0 Å². The molecule has 1 aliphatic heterocycles. The minimum Gasteiger partial charge on any atom is -0.356 e. The van der Waals surface area contributed by atoms with Crippen LogP contribution >= 0.6 is 0 Å². The molecule has 2 N–H and O–H groups in total. The standard InChI is InChI=1S/C15H30N4/c1-12-6-4-8-19(11-12)9-5-7-17-15(16-3)18-14-10-13(14)2/h12-14H,4-11H2,1-3H3,(H2,16,17,18). The lowest BCUT2D eigenvalue weighted by atomic mass is 10.0. The lowest BCUT2D eigenvalue weighted by Gasteiger charge is -2.30. The molecule has 110 valence electrons. The Bertz CT molecular complexity index is 303. The van der Waals surface area contributed by atoms with Crippen molar-refractivity contribution in [2.24, 2.45) is 16.8 Å². The highest BCUT2D eigenvalue weighted by molar-refractivity contribution is 5.80. The Morgan fingerprint density at radius 3 is 2.79 bits per heavy atom. The van der Waals surface area contributed by atoms with Crippen LogP contribution in [0, 0.1) is 11.8 Å². The summed E-state index contributed by atoms with van der Waals surface area (Å²) in [5.74, 6) is 2.67. The zero-order valence-corrected chi connectivity index (χ0v) is 12.8. The van der Waals surface area contributed by atoms with E-state index in [0.717, 1.165) is 24.3 Å². The molecule has 0 aromatic rings. The molecule has 1 aliphatic carbocycles. The summed E-state index contributed by atoms with van der Waals surface area (Å²) >= 11 is 0. The minimum atomic E-state index is 0.647. The molecule has 0 aromatic carbocycles. The summed E-state index contributed by atoms with van der Waals surface area (Å²) in [7, 11) is 1.86. The molecule has 0 radical (unpaired) electrons. The van der Waals surface area contributed by atoms with Gasteiger partial charge in [0.15, 0.2) is 5.96 Å². The maximum absolute atomic E-state index is 4.28. The Morgan fingerprint density at radius 2 is 2.16 bits per heavy atom. The van der Waals surface area contributed by atoms with Gasteiger partial charge in [-0.05, 0) is 50.6 Å². The normalized spacial score (nSPS) is 32.2. The SMILES string of the molecule is CN=C(NCCCN1CCCC(C)C1)NC1CC1C. The average Bonchev–Trinajstić information content (AvgIpc) is 3.09. The Balaban J connectivity index is 1.55. The number of hydrogen-bond acceptors (Lipinski definition) is 2. The summed E-state index contributed by atoms with van der Waals surface area (Å²) in [5, 5.41) is 6.89. The summed E-state index contributed by atoms with van der Waals surface area (Å²) in [6.07, 6.45) is 5.27. The first-order chi connectivity index (χ1) is 9.19. The highest BCUT2D eigenvalue weighted by atomic mass is 15.2. The van der Waals surface area contributed by atoms with E-state index < -0.39 is 0 Å². The first-order valence-electron chi connectivity index (χ1n) is 7.88. The molecular formula is C15H30N4. The highest BCUT2D eigenvalue weighted by Crippen LogP contribution is 2.28. The third kappa shape index (κ3) is 5.01. The van der Waals surface area contributed by atoms with E-state index in [0.29, 0.717) is 6.04 Å². The van der Waals surface area contributed by atoms with Gasteiger partial charge >= 0.3 is 0 Å². The molecule has 3 unspecified atom stereocenters. The van der Waals surface area contributed by atoms with E-state index in [1.807, 2.05) is 7.05 Å². The van der Waals surface area contributed by atoms with E-state index in [2.05, 4.69) is 34.4 Å². The van der Waals surface area contributed by atoms with Gasteiger partial charge < -0.3 is 15.5 Å². The van der Waals surface area contributed by atoms with Crippen LogP contribution in [0.15, 0.2) is 4.99 Å². The fourth-order valence-corrected chi connectivity index (χ4v) is 2.89. The van der Waals surface area contributed by atoms with E-state index in [1.165, 1.54) is 45.3 Å². The van der Waals surface area contributed by atoms with E-state index in [1.54, 1.807) is 0 Å². The van der Waals surface area contributed by atoms with Gasteiger partial charge in [-0.2, -0.15) is 0 Å². The third-order valence-electron chi connectivity index (χ3n) is 4.34. The van der Waals surface area contributed by atoms with Gasteiger partial charge in [-0.3, -0.25) is 4.99 Å². The smallest absolute Gasteiger partial charge is 0.191 e. The van der Waals surface area contributed by atoms with Gasteiger partial charge in [-0.1, -0.05) is 13.8 Å². The summed E-state index contributed by atoms with van der Waals surface area (Å²) in [5.41, 5.74) is 0. The van der Waals surface area contributed by atoms with E-state index in [4.69, 9.17) is 0 Å². The Morgan fingerprint density at radius 1 is 1.37 bits per heavy atom. The van der Waals surface area contributed by atoms with Crippen molar-refractivity contribution in [1.82, 2.24) is 15.5 Å². The highest BCUT2D eigenvalue weighted by Gasteiger charge is 2.33. The number of nitrogens with zero attached hydrogens (tertiary/aromatic N) is 2. The molecule has 19 heavy (non-hydrogen) atoms. The van der Waals surface area contributed by atoms with Crippen LogP contribution < -0.4 is 10.6 Å². The van der Waals surface area contributed by atoms with Crippen molar-refractivity contribution < 1.29 is 0 Å². The molecule has 4 nitrogen and oxygen atoms in total. The maximum atomic E-state index is 4.28. The van der Waals surface area contributed by atoms with Crippen LogP contribution in [0.1, 0.15) is 39.5 Å². The second kappa shape index (κ2) is 7.13. The average molecular weight is 266 g/mol. The molecule has 2 fully saturated rings. The number of likely N-dealkylation sites (tertiary alicyclic amines) is 1. The van der Waals surface area contributed by atoms with Gasteiger partial charge in [0.2, 0.25) is 0 Å². The van der Waals surface area contributed by atoms with Crippen LogP contribution in [0.3, 0.4) is 0 Å². The Labute approximate surface area is 118 Å². The number of hydrogen-bond donors (Lipinski definition) is 2. The van der Waals surface area contributed by atoms with Crippen molar-refractivity contribution in [2.45, 2.75) is 45.6 Å². The lowest BCUT2D eigenvalue weighted by Crippen LogP contribution is -2.41. The number of guanidine groups is 1. The van der Waals surface area contributed by atoms with Crippen molar-refractivity contribution in [2.75, 3.05) is 33.2 Å². The number of piperidine rings is 1. The predicted molar refractivity (Wildman–Crippen MR) is 81.5 cm³/mol. The van der Waals surface area contributed by atoms with Gasteiger partial charge in [0.1, 0.15) is 0 Å². The molecule has 4 heteroatoms. The molecular weight excluding hydrogens is 236 g/mol. The summed E-state index contributed by atoms with van der Waals surface area (Å²) < 4.78 is 0. The van der Waals surface area contributed by atoms with Crippen molar-refractivity contribution in [3.05, 3.63) is 0 Å². The molecule has 1 saturated heterocycles. The van der Waals surface area contributed by atoms with E-state index >= 15 is 0 Å². The van der Waals surface area contributed by atoms with Gasteiger partial charge in [0.05, 0.1) is 0 Å². The zero-order valence-electron chi connectivity index (χ0n) is 12.8. The van der Waals surface area contributed by atoms with Gasteiger partial charge in [0, 0.05) is 26.2 Å². The number of rotatable bonds is 5. The third-order valence-corrected chi connectivity index (χ3v) is 4.34. The summed E-state index contributed by atoms with van der Waals surface area (Å²) in [6, 6.07) is 0.647. The molecule has 2 aliphatic rings. The lowest BCUT2D eigenvalue weighted by molar-refractivity contribution is 0.182. The molecule has 1 heterocycles. The predicted octanol–water partition coefficient (Wildman–Crippen LogP) is 1.68. The van der Waals surface area contributed by atoms with Crippen LogP contribution in [0.2, 0.25) is 0 Å². The summed E-state index contributed by atoms with van der Waals surface area (Å²) in [4.78, 5) is 6.89. The molecule has 1 saturated carbocycles. The first kappa shape index (κ1) is 14.6. The van der Waals surface area contributed by atoms with Gasteiger partial charge in [-0.25, -0.2) is 0 Å². The zero-order chi connectivity index (χ0) is 13.7.